The van der Waals surface area contributed by atoms with Gasteiger partial charge in [-0.05, 0) is 38.5 Å². The average molecular weight is 467 g/mol. The van der Waals surface area contributed by atoms with Crippen molar-refractivity contribution in [1.82, 2.24) is 0 Å². The van der Waals surface area contributed by atoms with Gasteiger partial charge in [-0.25, -0.2) is 0 Å². The van der Waals surface area contributed by atoms with Crippen LogP contribution in [0.4, 0.5) is 0 Å². The molecule has 0 aliphatic heterocycles. The molecule has 1 unspecified atom stereocenters. The molecule has 1 atom stereocenters. The van der Waals surface area contributed by atoms with Crippen LogP contribution in [0.5, 0.6) is 0 Å². The average Bonchev–Trinajstić information content (AvgIpc) is 2.79. The van der Waals surface area contributed by atoms with Gasteiger partial charge in [-0.15, -0.1) is 0 Å². The second kappa shape index (κ2) is 27.4. The Kier molecular flexibility index (Phi) is 26.7. The molecule has 0 heterocycles. The topological polar surface area (TPSA) is 46.5 Å². The summed E-state index contributed by atoms with van der Waals surface area (Å²) in [5, 5.41) is 9.04. The van der Waals surface area contributed by atoms with Gasteiger partial charge in [-0.2, -0.15) is 0 Å². The van der Waals surface area contributed by atoms with E-state index in [-0.39, 0.29) is 18.7 Å². The number of carbonyl (C=O) groups is 1. The number of unbranched alkanes of at least 4 members (excludes halogenated alkanes) is 19. The third-order valence-corrected chi connectivity index (χ3v) is 6.57. The Morgan fingerprint density at radius 1 is 0.636 bits per heavy atom. The van der Waals surface area contributed by atoms with Crippen molar-refractivity contribution in [3.05, 3.63) is 12.2 Å². The highest BCUT2D eigenvalue weighted by Crippen LogP contribution is 2.15. The molecule has 0 amide bonds. The van der Waals surface area contributed by atoms with E-state index in [0.29, 0.717) is 6.42 Å². The molecular formula is C30H58O3. The number of hydrogen-bond donors (Lipinski definition) is 1. The lowest BCUT2D eigenvalue weighted by molar-refractivity contribution is -0.147. The Balaban J connectivity index is 3.22. The van der Waals surface area contributed by atoms with E-state index >= 15 is 0 Å². The fourth-order valence-electron chi connectivity index (χ4n) is 4.50. The quantitative estimate of drug-likeness (QED) is 0.0784. The van der Waals surface area contributed by atoms with Gasteiger partial charge in [-0.3, -0.25) is 4.79 Å². The maximum Gasteiger partial charge on any atom is 0.302 e. The maximum absolute atomic E-state index is 11.1. The Hall–Kier alpha value is -0.830. The summed E-state index contributed by atoms with van der Waals surface area (Å²) in [4.78, 5) is 11.1. The third-order valence-electron chi connectivity index (χ3n) is 6.57. The molecule has 0 aromatic rings. The summed E-state index contributed by atoms with van der Waals surface area (Å²) in [7, 11) is 0. The van der Waals surface area contributed by atoms with E-state index in [0.717, 1.165) is 12.8 Å². The first kappa shape index (κ1) is 32.2. The normalized spacial score (nSPS) is 12.5. The van der Waals surface area contributed by atoms with Crippen LogP contribution in [0.25, 0.3) is 0 Å². The largest absolute Gasteiger partial charge is 0.462 e. The van der Waals surface area contributed by atoms with Crippen LogP contribution in [0, 0.1) is 0 Å². The summed E-state index contributed by atoms with van der Waals surface area (Å²) >= 11 is 0. The summed E-state index contributed by atoms with van der Waals surface area (Å²) in [6.07, 6.45) is 34.6. The van der Waals surface area contributed by atoms with E-state index in [1.165, 1.54) is 135 Å². The summed E-state index contributed by atoms with van der Waals surface area (Å²) in [6, 6.07) is 0. The van der Waals surface area contributed by atoms with Gasteiger partial charge in [0, 0.05) is 20.0 Å². The number of rotatable bonds is 26. The number of ether oxygens (including phenoxy) is 1. The smallest absolute Gasteiger partial charge is 0.302 e. The molecule has 196 valence electrons. The van der Waals surface area contributed by atoms with Crippen LogP contribution >= 0.6 is 0 Å². The van der Waals surface area contributed by atoms with Gasteiger partial charge >= 0.3 is 5.97 Å². The number of esters is 1. The van der Waals surface area contributed by atoms with Crippen LogP contribution < -0.4 is 0 Å². The van der Waals surface area contributed by atoms with Gasteiger partial charge < -0.3 is 9.84 Å². The lowest BCUT2D eigenvalue weighted by atomic mass is 10.0. The van der Waals surface area contributed by atoms with Crippen LogP contribution in [-0.4, -0.2) is 23.8 Å². The van der Waals surface area contributed by atoms with Gasteiger partial charge in [0.25, 0.3) is 0 Å². The van der Waals surface area contributed by atoms with E-state index < -0.39 is 0 Å². The highest BCUT2D eigenvalue weighted by atomic mass is 16.5. The van der Waals surface area contributed by atoms with E-state index in [9.17, 15) is 4.79 Å². The summed E-state index contributed by atoms with van der Waals surface area (Å²) in [6.45, 7) is 3.82. The zero-order valence-electron chi connectivity index (χ0n) is 22.5. The molecular weight excluding hydrogens is 408 g/mol. The third kappa shape index (κ3) is 27.3. The molecule has 3 nitrogen and oxygen atoms in total. The molecule has 0 bridgehead atoms. The van der Waals surface area contributed by atoms with Crippen LogP contribution in [-0.2, 0) is 9.53 Å². The molecule has 0 radical (unpaired) electrons. The van der Waals surface area contributed by atoms with Crippen molar-refractivity contribution < 1.29 is 14.6 Å². The summed E-state index contributed by atoms with van der Waals surface area (Å²) in [5.74, 6) is -0.236. The zero-order chi connectivity index (χ0) is 24.2. The molecule has 33 heavy (non-hydrogen) atoms. The molecule has 3 heteroatoms. The predicted molar refractivity (Wildman–Crippen MR) is 144 cm³/mol. The molecule has 0 aliphatic rings. The van der Waals surface area contributed by atoms with Crippen molar-refractivity contribution in [2.24, 2.45) is 0 Å². The molecule has 0 fully saturated rings. The van der Waals surface area contributed by atoms with Gasteiger partial charge in [0.05, 0.1) is 0 Å². The van der Waals surface area contributed by atoms with Crippen molar-refractivity contribution >= 4 is 5.97 Å². The minimum atomic E-state index is -0.236. The molecule has 0 rings (SSSR count). The van der Waals surface area contributed by atoms with Crippen molar-refractivity contribution in [3.63, 3.8) is 0 Å². The van der Waals surface area contributed by atoms with Crippen molar-refractivity contribution in [1.29, 1.82) is 0 Å². The lowest BCUT2D eigenvalue weighted by Crippen LogP contribution is -2.17. The minimum Gasteiger partial charge on any atom is -0.462 e. The zero-order valence-corrected chi connectivity index (χ0v) is 22.5. The van der Waals surface area contributed by atoms with E-state index in [1.807, 2.05) is 0 Å². The Morgan fingerprint density at radius 2 is 1.03 bits per heavy atom. The van der Waals surface area contributed by atoms with Gasteiger partial charge in [-0.1, -0.05) is 122 Å². The number of carbonyl (C=O) groups excluding carboxylic acids is 1. The monoisotopic (exact) mass is 466 g/mol. The van der Waals surface area contributed by atoms with Crippen LogP contribution in [0.2, 0.25) is 0 Å². The molecule has 0 aromatic heterocycles. The molecule has 1 N–H and O–H groups in total. The Labute approximate surface area is 207 Å². The highest BCUT2D eigenvalue weighted by Gasteiger charge is 2.10. The predicted octanol–water partition coefficient (Wildman–Crippen LogP) is 9.46. The summed E-state index contributed by atoms with van der Waals surface area (Å²) in [5.41, 5.74) is 0. The molecule has 0 aliphatic carbocycles. The molecule has 0 saturated heterocycles. The fraction of sp³-hybridized carbons (Fsp3) is 0.900. The van der Waals surface area contributed by atoms with Crippen LogP contribution in [0.1, 0.15) is 162 Å². The minimum absolute atomic E-state index is 0.0919. The molecule has 0 spiro atoms. The van der Waals surface area contributed by atoms with Crippen LogP contribution in [0.15, 0.2) is 12.2 Å². The number of aliphatic hydroxyl groups excluding tert-OH is 1. The van der Waals surface area contributed by atoms with Gasteiger partial charge in [0.1, 0.15) is 6.10 Å². The van der Waals surface area contributed by atoms with Crippen molar-refractivity contribution in [2.75, 3.05) is 6.61 Å². The van der Waals surface area contributed by atoms with E-state index in [2.05, 4.69) is 19.1 Å². The number of hydrogen-bond acceptors (Lipinski definition) is 3. The Bertz CT molecular complexity index is 419. The Morgan fingerprint density at radius 3 is 1.42 bits per heavy atom. The van der Waals surface area contributed by atoms with E-state index in [4.69, 9.17) is 9.84 Å². The first-order valence-electron chi connectivity index (χ1n) is 14.6. The lowest BCUT2D eigenvalue weighted by Gasteiger charge is -2.15. The molecule has 0 aromatic carbocycles. The first-order chi connectivity index (χ1) is 16.2. The van der Waals surface area contributed by atoms with Crippen molar-refractivity contribution in [3.8, 4) is 0 Å². The second-order valence-corrected chi connectivity index (χ2v) is 9.95. The standard InChI is InChI=1S/C30H58O3/c1-3-4-5-6-7-8-9-10-11-12-13-14-15-16-17-18-19-20-21-22-23-24-25-26-30(27-28-31)33-29(2)32/h10-11,30-31H,3-9,12-28H2,1-2H3/b11-10-. The van der Waals surface area contributed by atoms with Gasteiger partial charge in [0.2, 0.25) is 0 Å². The molecule has 0 saturated carbocycles. The van der Waals surface area contributed by atoms with E-state index in [1.54, 1.807) is 0 Å². The number of allylic oxidation sites excluding steroid dienone is 2. The maximum atomic E-state index is 11.1. The highest BCUT2D eigenvalue weighted by molar-refractivity contribution is 5.66. The number of aliphatic hydroxyl groups is 1. The first-order valence-corrected chi connectivity index (χ1v) is 14.6. The fourth-order valence-corrected chi connectivity index (χ4v) is 4.50. The van der Waals surface area contributed by atoms with Crippen molar-refractivity contribution in [2.45, 2.75) is 168 Å². The SMILES string of the molecule is CCCCCCCC/C=C\CCCCCCCCCCCCCCCC(CCO)OC(C)=O. The summed E-state index contributed by atoms with van der Waals surface area (Å²) < 4.78 is 5.24. The van der Waals surface area contributed by atoms with Crippen LogP contribution in [0.3, 0.4) is 0 Å². The second-order valence-electron chi connectivity index (χ2n) is 9.95. The van der Waals surface area contributed by atoms with Gasteiger partial charge in [0.15, 0.2) is 0 Å².